The van der Waals surface area contributed by atoms with Crippen molar-refractivity contribution in [1.29, 1.82) is 0 Å². The fourth-order valence-corrected chi connectivity index (χ4v) is 3.89. The highest BCUT2D eigenvalue weighted by atomic mass is 32.2. The first-order valence-corrected chi connectivity index (χ1v) is 9.69. The molecule has 0 N–H and O–H groups in total. The first-order valence-electron chi connectivity index (χ1n) is 8.25. The van der Waals surface area contributed by atoms with Crippen molar-refractivity contribution in [2.45, 2.75) is 25.3 Å². The third kappa shape index (κ3) is 5.01. The van der Waals surface area contributed by atoms with Gasteiger partial charge in [-0.25, -0.2) is 12.7 Å². The van der Waals surface area contributed by atoms with Gasteiger partial charge < -0.3 is 4.90 Å². The standard InChI is InChI=1S/C17H29N3O2S/c1-15(2)13-19-8-10-20(11-9-19)14-16-6-5-7-17(12-16)23(21,22)18(3)4/h5-7,12,15H,8-11,13-14H2,1-4H3. The molecule has 0 bridgehead atoms. The average molecular weight is 340 g/mol. The van der Waals surface area contributed by atoms with E-state index in [4.69, 9.17) is 0 Å². The predicted octanol–water partition coefficient (Wildman–Crippen LogP) is 1.71. The van der Waals surface area contributed by atoms with Gasteiger partial charge >= 0.3 is 0 Å². The zero-order valence-electron chi connectivity index (χ0n) is 14.7. The summed E-state index contributed by atoms with van der Waals surface area (Å²) in [5, 5.41) is 0. The van der Waals surface area contributed by atoms with Gasteiger partial charge in [-0.1, -0.05) is 26.0 Å². The van der Waals surface area contributed by atoms with Crippen molar-refractivity contribution in [2.24, 2.45) is 5.92 Å². The van der Waals surface area contributed by atoms with Gasteiger partial charge in [0.1, 0.15) is 0 Å². The van der Waals surface area contributed by atoms with Crippen molar-refractivity contribution in [2.75, 3.05) is 46.8 Å². The van der Waals surface area contributed by atoms with Crippen LogP contribution in [0.15, 0.2) is 29.2 Å². The molecule has 0 unspecified atom stereocenters. The Morgan fingerprint density at radius 2 is 1.70 bits per heavy atom. The Morgan fingerprint density at radius 1 is 1.09 bits per heavy atom. The van der Waals surface area contributed by atoms with Crippen LogP contribution >= 0.6 is 0 Å². The number of piperazine rings is 1. The summed E-state index contributed by atoms with van der Waals surface area (Å²) in [5.74, 6) is 0.703. The van der Waals surface area contributed by atoms with E-state index >= 15 is 0 Å². The number of hydrogen-bond donors (Lipinski definition) is 0. The van der Waals surface area contributed by atoms with E-state index in [-0.39, 0.29) is 0 Å². The second-order valence-electron chi connectivity index (χ2n) is 6.91. The van der Waals surface area contributed by atoms with Crippen LogP contribution in [-0.4, -0.2) is 69.3 Å². The Hall–Kier alpha value is -0.950. The van der Waals surface area contributed by atoms with Crippen molar-refractivity contribution in [3.63, 3.8) is 0 Å². The van der Waals surface area contributed by atoms with Crippen molar-refractivity contribution >= 4 is 10.0 Å². The second-order valence-corrected chi connectivity index (χ2v) is 9.06. The van der Waals surface area contributed by atoms with Gasteiger partial charge in [-0.3, -0.25) is 4.90 Å². The van der Waals surface area contributed by atoms with Gasteiger partial charge in [0.25, 0.3) is 0 Å². The Labute approximate surface area is 140 Å². The molecule has 0 amide bonds. The molecule has 1 aliphatic rings. The van der Waals surface area contributed by atoms with Gasteiger partial charge in [0.05, 0.1) is 4.90 Å². The Morgan fingerprint density at radius 3 is 2.26 bits per heavy atom. The average Bonchev–Trinajstić information content (AvgIpc) is 2.49. The molecular weight excluding hydrogens is 310 g/mol. The first kappa shape index (κ1) is 18.4. The van der Waals surface area contributed by atoms with E-state index < -0.39 is 10.0 Å². The van der Waals surface area contributed by atoms with E-state index in [1.807, 2.05) is 12.1 Å². The summed E-state index contributed by atoms with van der Waals surface area (Å²) in [6.45, 7) is 10.7. The molecule has 0 aliphatic carbocycles. The highest BCUT2D eigenvalue weighted by Gasteiger charge is 2.20. The van der Waals surface area contributed by atoms with Crippen molar-refractivity contribution < 1.29 is 8.42 Å². The number of hydrogen-bond acceptors (Lipinski definition) is 4. The third-order valence-electron chi connectivity index (χ3n) is 4.17. The number of benzene rings is 1. The minimum Gasteiger partial charge on any atom is -0.301 e. The predicted molar refractivity (Wildman–Crippen MR) is 93.9 cm³/mol. The van der Waals surface area contributed by atoms with Crippen LogP contribution in [0, 0.1) is 5.92 Å². The molecule has 0 saturated carbocycles. The summed E-state index contributed by atoms with van der Waals surface area (Å²) in [5.41, 5.74) is 1.06. The summed E-state index contributed by atoms with van der Waals surface area (Å²) >= 11 is 0. The van der Waals surface area contributed by atoms with Gasteiger partial charge in [0, 0.05) is 53.4 Å². The van der Waals surface area contributed by atoms with Gasteiger partial charge in [-0.15, -0.1) is 0 Å². The lowest BCUT2D eigenvalue weighted by molar-refractivity contribution is 0.117. The third-order valence-corrected chi connectivity index (χ3v) is 5.98. The normalized spacial score (nSPS) is 18.0. The maximum absolute atomic E-state index is 12.2. The molecule has 130 valence electrons. The van der Waals surface area contributed by atoms with E-state index in [1.54, 1.807) is 26.2 Å². The molecule has 1 aromatic carbocycles. The first-order chi connectivity index (χ1) is 10.8. The van der Waals surface area contributed by atoms with Crippen molar-refractivity contribution in [3.05, 3.63) is 29.8 Å². The van der Waals surface area contributed by atoms with Crippen LogP contribution in [0.4, 0.5) is 0 Å². The molecule has 0 radical (unpaired) electrons. The van der Waals surface area contributed by atoms with Crippen LogP contribution in [0.3, 0.4) is 0 Å². The quantitative estimate of drug-likeness (QED) is 0.791. The van der Waals surface area contributed by atoms with Crippen LogP contribution in [0.1, 0.15) is 19.4 Å². The SMILES string of the molecule is CC(C)CN1CCN(Cc2cccc(S(=O)(=O)N(C)C)c2)CC1. The summed E-state index contributed by atoms with van der Waals surface area (Å²) in [4.78, 5) is 5.28. The number of rotatable bonds is 6. The highest BCUT2D eigenvalue weighted by Crippen LogP contribution is 2.17. The zero-order chi connectivity index (χ0) is 17.0. The van der Waals surface area contributed by atoms with Crippen LogP contribution in [0.2, 0.25) is 0 Å². The molecule has 1 fully saturated rings. The Kier molecular flexibility index (Phi) is 6.19. The molecule has 2 rings (SSSR count). The molecule has 6 heteroatoms. The molecule has 0 atom stereocenters. The summed E-state index contributed by atoms with van der Waals surface area (Å²) in [6.07, 6.45) is 0. The smallest absolute Gasteiger partial charge is 0.242 e. The molecular formula is C17H29N3O2S. The number of sulfonamides is 1. The van der Waals surface area contributed by atoms with Crippen molar-refractivity contribution in [1.82, 2.24) is 14.1 Å². The maximum atomic E-state index is 12.2. The molecule has 1 heterocycles. The van der Waals surface area contributed by atoms with Crippen LogP contribution < -0.4 is 0 Å². The van der Waals surface area contributed by atoms with Gasteiger partial charge in [0.15, 0.2) is 0 Å². The van der Waals surface area contributed by atoms with E-state index in [9.17, 15) is 8.42 Å². The van der Waals surface area contributed by atoms with Crippen LogP contribution in [0.25, 0.3) is 0 Å². The molecule has 5 nitrogen and oxygen atoms in total. The largest absolute Gasteiger partial charge is 0.301 e. The molecule has 0 spiro atoms. The van der Waals surface area contributed by atoms with E-state index in [1.165, 1.54) is 4.31 Å². The Bertz CT molecular complexity index is 606. The molecule has 0 aromatic heterocycles. The molecule has 1 aromatic rings. The lowest BCUT2D eigenvalue weighted by Gasteiger charge is -2.35. The van der Waals surface area contributed by atoms with Gasteiger partial charge in [-0.05, 0) is 23.6 Å². The summed E-state index contributed by atoms with van der Waals surface area (Å²) in [6, 6.07) is 7.31. The maximum Gasteiger partial charge on any atom is 0.242 e. The van der Waals surface area contributed by atoms with Gasteiger partial charge in [-0.2, -0.15) is 0 Å². The van der Waals surface area contributed by atoms with E-state index in [2.05, 4.69) is 23.6 Å². The monoisotopic (exact) mass is 339 g/mol. The van der Waals surface area contributed by atoms with E-state index in [0.717, 1.165) is 44.8 Å². The molecule has 1 aliphatic heterocycles. The van der Waals surface area contributed by atoms with Gasteiger partial charge in [0.2, 0.25) is 10.0 Å². The molecule has 1 saturated heterocycles. The summed E-state index contributed by atoms with van der Waals surface area (Å²) < 4.78 is 25.7. The Balaban J connectivity index is 1.97. The zero-order valence-corrected chi connectivity index (χ0v) is 15.5. The van der Waals surface area contributed by atoms with Crippen LogP contribution in [-0.2, 0) is 16.6 Å². The molecule has 23 heavy (non-hydrogen) atoms. The summed E-state index contributed by atoms with van der Waals surface area (Å²) in [7, 11) is -0.225. The number of nitrogens with zero attached hydrogens (tertiary/aromatic N) is 3. The van der Waals surface area contributed by atoms with Crippen LogP contribution in [0.5, 0.6) is 0 Å². The lowest BCUT2D eigenvalue weighted by atomic mass is 10.1. The minimum absolute atomic E-state index is 0.374. The minimum atomic E-state index is -3.36. The highest BCUT2D eigenvalue weighted by molar-refractivity contribution is 7.89. The fraction of sp³-hybridized carbons (Fsp3) is 0.647. The lowest BCUT2D eigenvalue weighted by Crippen LogP contribution is -2.46. The van der Waals surface area contributed by atoms with Crippen molar-refractivity contribution in [3.8, 4) is 0 Å². The fourth-order valence-electron chi connectivity index (χ4n) is 2.92. The topological polar surface area (TPSA) is 43.9 Å². The second kappa shape index (κ2) is 7.75. The van der Waals surface area contributed by atoms with E-state index in [0.29, 0.717) is 10.8 Å².